The van der Waals surface area contributed by atoms with Crippen LogP contribution in [0.4, 0.5) is 0 Å². The lowest BCUT2D eigenvalue weighted by molar-refractivity contribution is 0.997. The zero-order valence-corrected chi connectivity index (χ0v) is 5.72. The van der Waals surface area contributed by atoms with E-state index in [9.17, 15) is 0 Å². The van der Waals surface area contributed by atoms with Crippen LogP contribution in [0.1, 0.15) is 5.69 Å². The van der Waals surface area contributed by atoms with Crippen molar-refractivity contribution in [2.75, 3.05) is 0 Å². The minimum absolute atomic E-state index is 0.674. The van der Waals surface area contributed by atoms with Crippen molar-refractivity contribution in [2.45, 2.75) is 0 Å². The van der Waals surface area contributed by atoms with E-state index < -0.39 is 0 Å². The smallest absolute Gasteiger partial charge is 0.0776 e. The van der Waals surface area contributed by atoms with Gasteiger partial charge in [-0.2, -0.15) is 10.2 Å². The molecule has 0 spiro atoms. The quantitative estimate of drug-likeness (QED) is 0.591. The van der Waals surface area contributed by atoms with Gasteiger partial charge in [-0.1, -0.05) is 0 Å². The number of nitrogens with zero attached hydrogens (tertiary/aromatic N) is 2. The van der Waals surface area contributed by atoms with Crippen LogP contribution in [0.25, 0.3) is 0 Å². The van der Waals surface area contributed by atoms with Crippen molar-refractivity contribution in [1.29, 1.82) is 0 Å². The largest absolute Gasteiger partial charge is 0.159 e. The molecule has 0 amide bonds. The number of aromatic nitrogens is 2. The van der Waals surface area contributed by atoms with Crippen LogP contribution in [0.2, 0.25) is 0 Å². The maximum Gasteiger partial charge on any atom is 0.0776 e. The first kappa shape index (κ1) is 5.69. The monoisotopic (exact) mass is 171 g/mol. The molecule has 0 bridgehead atoms. The third-order valence-corrected chi connectivity index (χ3v) is 1.46. The molecule has 8 heavy (non-hydrogen) atoms. The summed E-state index contributed by atoms with van der Waals surface area (Å²) in [6.07, 6.45) is 1.61. The Morgan fingerprint density at radius 1 is 1.62 bits per heavy atom. The van der Waals surface area contributed by atoms with Crippen LogP contribution in [0.15, 0.2) is 16.7 Å². The molecule has 0 unspecified atom stereocenters. The predicted molar refractivity (Wildman–Crippen MR) is 34.2 cm³/mol. The van der Waals surface area contributed by atoms with E-state index >= 15 is 0 Å². The van der Waals surface area contributed by atoms with Gasteiger partial charge in [-0.3, -0.25) is 0 Å². The molecule has 41 valence electrons. The fraction of sp³-hybridized carbons (Fsp3) is 0. The molecular weight excluding hydrogens is 168 g/mol. The zero-order chi connectivity index (χ0) is 5.98. The second-order valence-electron chi connectivity index (χ2n) is 1.33. The Labute approximate surface area is 56.1 Å². The Balaban J connectivity index is 3.13. The summed E-state index contributed by atoms with van der Waals surface area (Å²) in [5, 5.41) is 7.27. The van der Waals surface area contributed by atoms with Crippen molar-refractivity contribution in [2.24, 2.45) is 0 Å². The molecule has 1 radical (unpaired) electrons. The number of hydrogen-bond donors (Lipinski definition) is 0. The molecule has 1 heterocycles. The zero-order valence-electron chi connectivity index (χ0n) is 4.13. The van der Waals surface area contributed by atoms with Gasteiger partial charge in [0.25, 0.3) is 0 Å². The fourth-order valence-corrected chi connectivity index (χ4v) is 0.543. The number of halogens is 1. The summed E-state index contributed by atoms with van der Waals surface area (Å²) in [4.78, 5) is 0. The van der Waals surface area contributed by atoms with Crippen LogP contribution in [0.3, 0.4) is 0 Å². The highest BCUT2D eigenvalue weighted by Gasteiger charge is 1.89. The van der Waals surface area contributed by atoms with E-state index in [2.05, 4.69) is 33.1 Å². The van der Waals surface area contributed by atoms with Gasteiger partial charge in [-0.25, -0.2) is 0 Å². The van der Waals surface area contributed by atoms with Gasteiger partial charge in [0, 0.05) is 4.47 Å². The van der Waals surface area contributed by atoms with Crippen molar-refractivity contribution in [3.8, 4) is 0 Å². The number of hydrogen-bond acceptors (Lipinski definition) is 2. The molecule has 1 aromatic rings. The van der Waals surface area contributed by atoms with Crippen molar-refractivity contribution in [3.05, 3.63) is 29.4 Å². The van der Waals surface area contributed by atoms with Gasteiger partial charge < -0.3 is 0 Å². The second kappa shape index (κ2) is 2.22. The first-order valence-electron chi connectivity index (χ1n) is 2.10. The average Bonchev–Trinajstić information content (AvgIpc) is 1.77. The van der Waals surface area contributed by atoms with Gasteiger partial charge in [-0.15, -0.1) is 0 Å². The van der Waals surface area contributed by atoms with Crippen LogP contribution in [-0.4, -0.2) is 10.2 Å². The third kappa shape index (κ3) is 1.04. The van der Waals surface area contributed by atoms with Gasteiger partial charge in [0.15, 0.2) is 0 Å². The van der Waals surface area contributed by atoms with Crippen molar-refractivity contribution < 1.29 is 0 Å². The second-order valence-corrected chi connectivity index (χ2v) is 2.18. The summed E-state index contributed by atoms with van der Waals surface area (Å²) in [5.41, 5.74) is 0.674. The van der Waals surface area contributed by atoms with Crippen molar-refractivity contribution in [1.82, 2.24) is 10.2 Å². The molecule has 0 aromatic carbocycles. The Hall–Kier alpha value is -0.440. The summed E-state index contributed by atoms with van der Waals surface area (Å²) < 4.78 is 0.896. The van der Waals surface area contributed by atoms with Gasteiger partial charge in [-0.05, 0) is 28.9 Å². The van der Waals surface area contributed by atoms with Crippen LogP contribution >= 0.6 is 15.9 Å². The van der Waals surface area contributed by atoms with E-state index in [1.54, 1.807) is 12.3 Å². The molecular formula is C5H4BrN2. The molecule has 0 saturated carbocycles. The highest BCUT2D eigenvalue weighted by atomic mass is 79.9. The first-order chi connectivity index (χ1) is 3.80. The lowest BCUT2D eigenvalue weighted by atomic mass is 10.4. The van der Waals surface area contributed by atoms with Crippen LogP contribution in [0, 0.1) is 6.92 Å². The average molecular weight is 172 g/mol. The summed E-state index contributed by atoms with van der Waals surface area (Å²) in [7, 11) is 0. The summed E-state index contributed by atoms with van der Waals surface area (Å²) >= 11 is 3.23. The molecule has 2 nitrogen and oxygen atoms in total. The molecule has 0 aliphatic rings. The molecule has 3 heteroatoms. The first-order valence-corrected chi connectivity index (χ1v) is 2.89. The van der Waals surface area contributed by atoms with E-state index in [0.29, 0.717) is 5.69 Å². The standard InChI is InChI=1S/C5H4BrN2/c1-4-5(6)2-3-7-8-4/h2-3H,1H2. The maximum atomic E-state index is 3.67. The van der Waals surface area contributed by atoms with Crippen LogP contribution in [-0.2, 0) is 0 Å². The van der Waals surface area contributed by atoms with E-state index in [-0.39, 0.29) is 0 Å². The Bertz CT molecular complexity index is 167. The molecule has 1 aromatic heterocycles. The maximum absolute atomic E-state index is 3.67. The minimum atomic E-state index is 0.674. The van der Waals surface area contributed by atoms with Crippen LogP contribution < -0.4 is 0 Å². The molecule has 0 aliphatic carbocycles. The summed E-state index contributed by atoms with van der Waals surface area (Å²) in [6.45, 7) is 3.60. The van der Waals surface area contributed by atoms with Crippen molar-refractivity contribution in [3.63, 3.8) is 0 Å². The molecule has 0 atom stereocenters. The molecule has 0 fully saturated rings. The van der Waals surface area contributed by atoms with Gasteiger partial charge >= 0.3 is 0 Å². The van der Waals surface area contributed by atoms with Gasteiger partial charge in [0.1, 0.15) is 0 Å². The van der Waals surface area contributed by atoms with E-state index in [4.69, 9.17) is 0 Å². The molecule has 1 rings (SSSR count). The topological polar surface area (TPSA) is 25.8 Å². The minimum Gasteiger partial charge on any atom is -0.159 e. The number of rotatable bonds is 0. The molecule has 0 saturated heterocycles. The third-order valence-electron chi connectivity index (χ3n) is 0.742. The van der Waals surface area contributed by atoms with Crippen LogP contribution in [0.5, 0.6) is 0 Å². The predicted octanol–water partition coefficient (Wildman–Crippen LogP) is 1.42. The summed E-state index contributed by atoms with van der Waals surface area (Å²) in [5.74, 6) is 0. The summed E-state index contributed by atoms with van der Waals surface area (Å²) in [6, 6.07) is 1.80. The Kier molecular flexibility index (Phi) is 1.58. The fourth-order valence-electron chi connectivity index (χ4n) is 0.346. The van der Waals surface area contributed by atoms with E-state index in [0.717, 1.165) is 4.47 Å². The lowest BCUT2D eigenvalue weighted by Crippen LogP contribution is -1.83. The normalized spacial score (nSPS) is 9.25. The lowest BCUT2D eigenvalue weighted by Gasteiger charge is -1.88. The van der Waals surface area contributed by atoms with Crippen molar-refractivity contribution >= 4 is 15.9 Å². The SMILES string of the molecule is [CH2]c1nnccc1Br. The van der Waals surface area contributed by atoms with E-state index in [1.807, 2.05) is 0 Å². The molecule has 0 aliphatic heterocycles. The Morgan fingerprint density at radius 2 is 2.38 bits per heavy atom. The molecule has 0 N–H and O–H groups in total. The highest BCUT2D eigenvalue weighted by molar-refractivity contribution is 9.10. The van der Waals surface area contributed by atoms with Gasteiger partial charge in [0.2, 0.25) is 0 Å². The Morgan fingerprint density at radius 3 is 2.75 bits per heavy atom. The van der Waals surface area contributed by atoms with Gasteiger partial charge in [0.05, 0.1) is 11.9 Å². The highest BCUT2D eigenvalue weighted by Crippen LogP contribution is 2.09. The van der Waals surface area contributed by atoms with E-state index in [1.165, 1.54) is 0 Å².